The molecule has 0 spiro atoms. The predicted octanol–water partition coefficient (Wildman–Crippen LogP) is 7.84. The Labute approximate surface area is 221 Å². The molecule has 0 unspecified atom stereocenters. The van der Waals surface area contributed by atoms with Gasteiger partial charge in [0.15, 0.2) is 5.82 Å². The van der Waals surface area contributed by atoms with Crippen molar-refractivity contribution >= 4 is 5.97 Å². The summed E-state index contributed by atoms with van der Waals surface area (Å²) in [6.45, 7) is 29.9. The molecular formula is C29H54N4O3. The van der Waals surface area contributed by atoms with Crippen LogP contribution in [-0.2, 0) is 26.8 Å². The highest BCUT2D eigenvalue weighted by Crippen LogP contribution is 2.22. The Kier molecular flexibility index (Phi) is 13.8. The number of hydrogen-bond acceptors (Lipinski definition) is 7. The first-order valence-corrected chi connectivity index (χ1v) is 12.5. The van der Waals surface area contributed by atoms with Crippen molar-refractivity contribution in [3.63, 3.8) is 0 Å². The van der Waals surface area contributed by atoms with E-state index in [9.17, 15) is 4.79 Å². The van der Waals surface area contributed by atoms with Crippen LogP contribution in [0.1, 0.15) is 140 Å². The monoisotopic (exact) mass is 506 g/mol. The zero-order valence-corrected chi connectivity index (χ0v) is 25.0. The van der Waals surface area contributed by atoms with E-state index in [2.05, 4.69) is 82.4 Å². The van der Waals surface area contributed by atoms with Gasteiger partial charge in [0.25, 0.3) is 0 Å². The van der Waals surface area contributed by atoms with Crippen LogP contribution in [0.3, 0.4) is 0 Å². The van der Waals surface area contributed by atoms with E-state index in [4.69, 9.17) is 9.26 Å². The van der Waals surface area contributed by atoms with Crippen LogP contribution in [-0.4, -0.2) is 31.7 Å². The quantitative estimate of drug-likeness (QED) is 0.383. The third-order valence-electron chi connectivity index (χ3n) is 4.40. The van der Waals surface area contributed by atoms with Crippen LogP contribution in [0.25, 0.3) is 0 Å². The van der Waals surface area contributed by atoms with Gasteiger partial charge in [-0.25, -0.2) is 9.97 Å². The SMILES string of the molecule is C.CC(C)(C)OC(=O)C(C)(C)C.CC(C)c1noc(C(C)(C)C)n1.CCc1cnc(C(C)(C)C)nc1. The molecule has 0 bridgehead atoms. The third-order valence-corrected chi connectivity index (χ3v) is 4.40. The largest absolute Gasteiger partial charge is 0.460 e. The normalized spacial score (nSPS) is 12.0. The van der Waals surface area contributed by atoms with Gasteiger partial charge >= 0.3 is 5.97 Å². The standard InChI is InChI=1S/C10H16N2.C9H16N2O.C9H18O2.CH4/c1-5-8-6-11-9(12-7-8)10(2,3)4;1-6(2)7-10-8(12-11-7)9(3,4)5;1-8(2,3)7(10)11-9(4,5)6;/h6-7H,5H2,1-4H3;6H,1-5H3;1-6H3;1H4. The summed E-state index contributed by atoms with van der Waals surface area (Å²) in [6.07, 6.45) is 4.82. The number of aromatic nitrogens is 4. The molecule has 2 heterocycles. The number of aryl methyl sites for hydroxylation is 1. The number of esters is 1. The molecule has 0 N–H and O–H groups in total. The van der Waals surface area contributed by atoms with Gasteiger partial charge in [-0.15, -0.1) is 0 Å². The lowest BCUT2D eigenvalue weighted by molar-refractivity contribution is -0.164. The number of ether oxygens (including phenoxy) is 1. The van der Waals surface area contributed by atoms with Crippen molar-refractivity contribution in [3.8, 4) is 0 Å². The van der Waals surface area contributed by atoms with Gasteiger partial charge in [-0.1, -0.05) is 74.9 Å². The Bertz CT molecular complexity index is 889. The average molecular weight is 507 g/mol. The summed E-state index contributed by atoms with van der Waals surface area (Å²) in [6, 6.07) is 0. The van der Waals surface area contributed by atoms with Gasteiger partial charge in [-0.3, -0.25) is 4.79 Å². The molecule has 0 aliphatic rings. The van der Waals surface area contributed by atoms with Crippen LogP contribution in [0.15, 0.2) is 16.9 Å². The molecule has 7 nitrogen and oxygen atoms in total. The second-order valence-electron chi connectivity index (χ2n) is 13.1. The van der Waals surface area contributed by atoms with Crippen molar-refractivity contribution in [2.75, 3.05) is 0 Å². The van der Waals surface area contributed by atoms with Gasteiger partial charge in [-0.2, -0.15) is 4.98 Å². The molecule has 0 aliphatic carbocycles. The van der Waals surface area contributed by atoms with Crippen molar-refractivity contribution in [2.45, 2.75) is 140 Å². The van der Waals surface area contributed by atoms with Crippen LogP contribution in [0.4, 0.5) is 0 Å². The number of rotatable bonds is 2. The first kappa shape index (κ1) is 35.8. The van der Waals surface area contributed by atoms with Crippen molar-refractivity contribution in [1.82, 2.24) is 20.1 Å². The highest BCUT2D eigenvalue weighted by Gasteiger charge is 2.27. The number of nitrogens with zero attached hydrogens (tertiary/aromatic N) is 4. The molecule has 2 aromatic heterocycles. The van der Waals surface area contributed by atoms with E-state index in [0.717, 1.165) is 18.1 Å². The predicted molar refractivity (Wildman–Crippen MR) is 149 cm³/mol. The smallest absolute Gasteiger partial charge is 0.311 e. The topological polar surface area (TPSA) is 91.0 Å². The van der Waals surface area contributed by atoms with Crippen LogP contribution in [0.2, 0.25) is 0 Å². The Morgan fingerprint density at radius 3 is 1.58 bits per heavy atom. The van der Waals surface area contributed by atoms with E-state index >= 15 is 0 Å². The molecule has 0 saturated carbocycles. The Morgan fingerprint density at radius 2 is 1.36 bits per heavy atom. The fourth-order valence-corrected chi connectivity index (χ4v) is 2.13. The lowest BCUT2D eigenvalue weighted by Crippen LogP contribution is -2.31. The van der Waals surface area contributed by atoms with Crippen LogP contribution >= 0.6 is 0 Å². The van der Waals surface area contributed by atoms with Gasteiger partial charge < -0.3 is 9.26 Å². The second kappa shape index (κ2) is 13.8. The minimum atomic E-state index is -0.396. The zero-order chi connectivity index (χ0) is 27.8. The average Bonchev–Trinajstić information content (AvgIpc) is 3.17. The summed E-state index contributed by atoms with van der Waals surface area (Å²) in [7, 11) is 0. The first-order valence-electron chi connectivity index (χ1n) is 12.5. The Hall–Kier alpha value is -2.31. The van der Waals surface area contributed by atoms with E-state index in [0.29, 0.717) is 11.8 Å². The fraction of sp³-hybridized carbons (Fsp3) is 0.759. The minimum absolute atomic E-state index is 0. The maximum Gasteiger partial charge on any atom is 0.311 e. The molecule has 0 saturated heterocycles. The molecular weight excluding hydrogens is 452 g/mol. The van der Waals surface area contributed by atoms with Crippen LogP contribution in [0, 0.1) is 5.41 Å². The van der Waals surface area contributed by atoms with Crippen molar-refractivity contribution in [3.05, 3.63) is 35.5 Å². The third kappa shape index (κ3) is 14.3. The van der Waals surface area contributed by atoms with Crippen LogP contribution in [0.5, 0.6) is 0 Å². The molecule has 0 atom stereocenters. The highest BCUT2D eigenvalue weighted by atomic mass is 16.6. The molecule has 36 heavy (non-hydrogen) atoms. The van der Waals surface area contributed by atoms with E-state index < -0.39 is 5.41 Å². The van der Waals surface area contributed by atoms with Gasteiger partial charge in [0.05, 0.1) is 5.41 Å². The summed E-state index contributed by atoms with van der Waals surface area (Å²) >= 11 is 0. The molecule has 7 heteroatoms. The number of hydrogen-bond donors (Lipinski definition) is 0. The van der Waals surface area contributed by atoms with Gasteiger partial charge in [-0.05, 0) is 53.5 Å². The van der Waals surface area contributed by atoms with Crippen molar-refractivity contribution < 1.29 is 14.1 Å². The van der Waals surface area contributed by atoms with Gasteiger partial charge in [0.1, 0.15) is 11.4 Å². The lowest BCUT2D eigenvalue weighted by atomic mass is 9.96. The highest BCUT2D eigenvalue weighted by molar-refractivity contribution is 5.75. The van der Waals surface area contributed by atoms with Crippen LogP contribution < -0.4 is 0 Å². The lowest BCUT2D eigenvalue weighted by Gasteiger charge is -2.25. The second-order valence-corrected chi connectivity index (χ2v) is 13.1. The minimum Gasteiger partial charge on any atom is -0.460 e. The van der Waals surface area contributed by atoms with E-state index in [-0.39, 0.29) is 29.8 Å². The van der Waals surface area contributed by atoms with Crippen molar-refractivity contribution in [2.24, 2.45) is 5.41 Å². The number of carbonyl (C=O) groups excluding carboxylic acids is 1. The Morgan fingerprint density at radius 1 is 0.889 bits per heavy atom. The molecule has 208 valence electrons. The zero-order valence-electron chi connectivity index (χ0n) is 25.0. The first-order chi connectivity index (χ1) is 15.6. The number of carbonyl (C=O) groups is 1. The molecule has 2 aromatic rings. The fourth-order valence-electron chi connectivity index (χ4n) is 2.13. The summed E-state index contributed by atoms with van der Waals surface area (Å²) in [4.78, 5) is 24.2. The maximum atomic E-state index is 11.3. The Balaban J connectivity index is 0. The van der Waals surface area contributed by atoms with E-state index in [1.807, 2.05) is 53.9 Å². The molecule has 2 rings (SSSR count). The van der Waals surface area contributed by atoms with E-state index in [1.54, 1.807) is 0 Å². The molecule has 0 radical (unpaired) electrons. The summed E-state index contributed by atoms with van der Waals surface area (Å²) < 4.78 is 10.3. The molecule has 0 aliphatic heterocycles. The van der Waals surface area contributed by atoms with Crippen molar-refractivity contribution in [1.29, 1.82) is 0 Å². The maximum absolute atomic E-state index is 11.3. The van der Waals surface area contributed by atoms with Gasteiger partial charge in [0.2, 0.25) is 5.89 Å². The molecule has 0 aromatic carbocycles. The van der Waals surface area contributed by atoms with E-state index in [1.165, 1.54) is 5.56 Å². The molecule has 0 amide bonds. The summed E-state index contributed by atoms with van der Waals surface area (Å²) in [5.41, 5.74) is 0.451. The van der Waals surface area contributed by atoms with Gasteiger partial charge in [0, 0.05) is 29.1 Å². The molecule has 0 fully saturated rings. The summed E-state index contributed by atoms with van der Waals surface area (Å²) in [5, 5.41) is 3.90. The summed E-state index contributed by atoms with van der Waals surface area (Å²) in [5.74, 6) is 2.61.